The van der Waals surface area contributed by atoms with E-state index >= 15 is 0 Å². The summed E-state index contributed by atoms with van der Waals surface area (Å²) in [5, 5.41) is 6.50. The second kappa shape index (κ2) is 7.65. The van der Waals surface area contributed by atoms with Gasteiger partial charge in [0.05, 0.1) is 11.4 Å². The number of hydrogen-bond donors (Lipinski definition) is 2. The van der Waals surface area contributed by atoms with Crippen LogP contribution in [0.3, 0.4) is 0 Å². The molecule has 0 spiro atoms. The highest BCUT2D eigenvalue weighted by Gasteiger charge is 2.24. The van der Waals surface area contributed by atoms with Gasteiger partial charge in [-0.05, 0) is 57.2 Å². The standard InChI is InChI=1S/C20H23N7/c1-13(2)24-20-23-12-16(18(27-20)11-14-3-4-14)17-7-10-22-19(26-17)25-15-5-8-21-9-6-15/h5-10,12-14H,3-4,11H2,1-2H3,(H,23,24,27)(H,21,22,25,26). The molecule has 3 heterocycles. The second-order valence-electron chi connectivity index (χ2n) is 7.13. The van der Waals surface area contributed by atoms with Crippen LogP contribution in [0.4, 0.5) is 17.6 Å². The third-order valence-corrected chi connectivity index (χ3v) is 4.33. The van der Waals surface area contributed by atoms with Gasteiger partial charge in [0.1, 0.15) is 0 Å². The Morgan fingerprint density at radius 2 is 1.81 bits per heavy atom. The fraction of sp³-hybridized carbons (Fsp3) is 0.350. The molecule has 7 heteroatoms. The number of nitrogens with zero attached hydrogens (tertiary/aromatic N) is 5. The summed E-state index contributed by atoms with van der Waals surface area (Å²) in [5.74, 6) is 1.94. The first-order chi connectivity index (χ1) is 13.2. The lowest BCUT2D eigenvalue weighted by atomic mass is 10.1. The average molecular weight is 361 g/mol. The molecule has 3 aromatic rings. The lowest BCUT2D eigenvalue weighted by Gasteiger charge is -2.13. The number of rotatable bonds is 7. The zero-order chi connectivity index (χ0) is 18.6. The van der Waals surface area contributed by atoms with Crippen LogP contribution in [0.15, 0.2) is 43.0 Å². The van der Waals surface area contributed by atoms with E-state index in [2.05, 4.69) is 44.4 Å². The molecule has 4 rings (SSSR count). The zero-order valence-corrected chi connectivity index (χ0v) is 15.6. The lowest BCUT2D eigenvalue weighted by molar-refractivity contribution is 0.793. The first-order valence-electron chi connectivity index (χ1n) is 9.30. The van der Waals surface area contributed by atoms with E-state index in [1.165, 1.54) is 12.8 Å². The van der Waals surface area contributed by atoms with E-state index in [-0.39, 0.29) is 0 Å². The van der Waals surface area contributed by atoms with Crippen molar-refractivity contribution >= 4 is 17.6 Å². The van der Waals surface area contributed by atoms with E-state index < -0.39 is 0 Å². The van der Waals surface area contributed by atoms with E-state index in [1.54, 1.807) is 18.6 Å². The van der Waals surface area contributed by atoms with Crippen LogP contribution >= 0.6 is 0 Å². The Kier molecular flexibility index (Phi) is 4.91. The van der Waals surface area contributed by atoms with E-state index in [4.69, 9.17) is 4.98 Å². The van der Waals surface area contributed by atoms with Gasteiger partial charge in [-0.3, -0.25) is 4.98 Å². The molecular weight excluding hydrogens is 338 g/mol. The fourth-order valence-electron chi connectivity index (χ4n) is 2.84. The Bertz CT molecular complexity index is 907. The SMILES string of the molecule is CC(C)Nc1ncc(-c2ccnc(Nc3ccncc3)n2)c(CC2CC2)n1. The van der Waals surface area contributed by atoms with Crippen molar-refractivity contribution in [3.8, 4) is 11.3 Å². The minimum Gasteiger partial charge on any atom is -0.352 e. The van der Waals surface area contributed by atoms with E-state index in [1.807, 2.05) is 24.4 Å². The fourth-order valence-corrected chi connectivity index (χ4v) is 2.84. The van der Waals surface area contributed by atoms with Crippen molar-refractivity contribution in [3.05, 3.63) is 48.7 Å². The predicted octanol–water partition coefficient (Wildman–Crippen LogP) is 3.85. The molecule has 0 amide bonds. The van der Waals surface area contributed by atoms with E-state index in [9.17, 15) is 0 Å². The molecule has 0 aromatic carbocycles. The number of aromatic nitrogens is 5. The molecule has 0 unspecified atom stereocenters. The Hall–Kier alpha value is -3.09. The summed E-state index contributed by atoms with van der Waals surface area (Å²) in [6.45, 7) is 4.17. The minimum atomic E-state index is 0.292. The van der Waals surface area contributed by atoms with Crippen molar-refractivity contribution in [2.24, 2.45) is 5.92 Å². The molecule has 0 atom stereocenters. The molecular formula is C20H23N7. The largest absolute Gasteiger partial charge is 0.352 e. The molecule has 1 fully saturated rings. The summed E-state index contributed by atoms with van der Waals surface area (Å²) in [6.07, 6.45) is 10.6. The summed E-state index contributed by atoms with van der Waals surface area (Å²) in [5.41, 5.74) is 3.74. The maximum atomic E-state index is 4.77. The molecule has 0 saturated heterocycles. The van der Waals surface area contributed by atoms with Gasteiger partial charge < -0.3 is 10.6 Å². The Morgan fingerprint density at radius 1 is 1.00 bits per heavy atom. The van der Waals surface area contributed by atoms with Crippen LogP contribution in [-0.4, -0.2) is 31.0 Å². The summed E-state index contributed by atoms with van der Waals surface area (Å²) in [7, 11) is 0. The highest BCUT2D eigenvalue weighted by molar-refractivity contribution is 5.64. The van der Waals surface area contributed by atoms with Gasteiger partial charge in [-0.1, -0.05) is 0 Å². The van der Waals surface area contributed by atoms with Gasteiger partial charge in [0, 0.05) is 42.1 Å². The highest BCUT2D eigenvalue weighted by atomic mass is 15.1. The zero-order valence-electron chi connectivity index (χ0n) is 15.6. The molecule has 7 nitrogen and oxygen atoms in total. The van der Waals surface area contributed by atoms with Gasteiger partial charge in [-0.25, -0.2) is 19.9 Å². The molecule has 2 N–H and O–H groups in total. The van der Waals surface area contributed by atoms with Crippen molar-refractivity contribution in [2.45, 2.75) is 39.2 Å². The topological polar surface area (TPSA) is 88.5 Å². The van der Waals surface area contributed by atoms with Gasteiger partial charge in [0.2, 0.25) is 11.9 Å². The Balaban J connectivity index is 1.64. The van der Waals surface area contributed by atoms with E-state index in [0.29, 0.717) is 17.9 Å². The smallest absolute Gasteiger partial charge is 0.227 e. The summed E-state index contributed by atoms with van der Waals surface area (Å²) in [4.78, 5) is 22.3. The normalized spacial score (nSPS) is 13.6. The maximum absolute atomic E-state index is 4.77. The Labute approximate surface area is 158 Å². The van der Waals surface area contributed by atoms with Gasteiger partial charge in [-0.2, -0.15) is 0 Å². The lowest BCUT2D eigenvalue weighted by Crippen LogP contribution is -2.14. The van der Waals surface area contributed by atoms with Crippen LogP contribution in [-0.2, 0) is 6.42 Å². The third-order valence-electron chi connectivity index (χ3n) is 4.33. The molecule has 0 bridgehead atoms. The van der Waals surface area contributed by atoms with Gasteiger partial charge in [0.15, 0.2) is 0 Å². The summed E-state index contributed by atoms with van der Waals surface area (Å²) in [6, 6.07) is 5.95. The van der Waals surface area contributed by atoms with Crippen LogP contribution in [0.2, 0.25) is 0 Å². The molecule has 1 saturated carbocycles. The average Bonchev–Trinajstić information content (AvgIpc) is 3.47. The molecule has 138 valence electrons. The Morgan fingerprint density at radius 3 is 2.56 bits per heavy atom. The number of hydrogen-bond acceptors (Lipinski definition) is 7. The van der Waals surface area contributed by atoms with Gasteiger partial charge in [-0.15, -0.1) is 0 Å². The second-order valence-corrected chi connectivity index (χ2v) is 7.13. The molecule has 1 aliphatic rings. The molecule has 3 aromatic heterocycles. The van der Waals surface area contributed by atoms with Crippen LogP contribution in [0, 0.1) is 5.92 Å². The van der Waals surface area contributed by atoms with Crippen molar-refractivity contribution in [1.82, 2.24) is 24.9 Å². The molecule has 27 heavy (non-hydrogen) atoms. The third kappa shape index (κ3) is 4.55. The number of pyridine rings is 1. The first-order valence-corrected chi connectivity index (χ1v) is 9.30. The van der Waals surface area contributed by atoms with Crippen LogP contribution in [0.25, 0.3) is 11.3 Å². The summed E-state index contributed by atoms with van der Waals surface area (Å²) < 4.78 is 0. The van der Waals surface area contributed by atoms with Crippen molar-refractivity contribution in [2.75, 3.05) is 10.6 Å². The van der Waals surface area contributed by atoms with Crippen LogP contribution in [0.1, 0.15) is 32.4 Å². The first kappa shape index (κ1) is 17.3. The maximum Gasteiger partial charge on any atom is 0.227 e. The predicted molar refractivity (Wildman–Crippen MR) is 106 cm³/mol. The highest BCUT2D eigenvalue weighted by Crippen LogP contribution is 2.35. The quantitative estimate of drug-likeness (QED) is 0.661. The minimum absolute atomic E-state index is 0.292. The van der Waals surface area contributed by atoms with Crippen molar-refractivity contribution in [1.29, 1.82) is 0 Å². The summed E-state index contributed by atoms with van der Waals surface area (Å²) >= 11 is 0. The van der Waals surface area contributed by atoms with Crippen LogP contribution < -0.4 is 10.6 Å². The van der Waals surface area contributed by atoms with E-state index in [0.717, 1.165) is 35.0 Å². The van der Waals surface area contributed by atoms with Crippen LogP contribution in [0.5, 0.6) is 0 Å². The molecule has 1 aliphatic carbocycles. The molecule has 0 aliphatic heterocycles. The van der Waals surface area contributed by atoms with Gasteiger partial charge >= 0.3 is 0 Å². The number of nitrogens with one attached hydrogen (secondary N) is 2. The van der Waals surface area contributed by atoms with Gasteiger partial charge in [0.25, 0.3) is 0 Å². The van der Waals surface area contributed by atoms with Crippen molar-refractivity contribution < 1.29 is 0 Å². The number of anilines is 3. The molecule has 0 radical (unpaired) electrons. The monoisotopic (exact) mass is 361 g/mol. The van der Waals surface area contributed by atoms with Crippen molar-refractivity contribution in [3.63, 3.8) is 0 Å².